The van der Waals surface area contributed by atoms with Crippen molar-refractivity contribution in [2.24, 2.45) is 0 Å². The summed E-state index contributed by atoms with van der Waals surface area (Å²) in [6, 6.07) is 0. The SMILES string of the molecule is C[CH2][Ga]([I])[CH2]C. The van der Waals surface area contributed by atoms with Crippen molar-refractivity contribution < 1.29 is 0 Å². The minimum atomic E-state index is -0.574. The van der Waals surface area contributed by atoms with Gasteiger partial charge in [0.05, 0.1) is 0 Å². The zero-order chi connectivity index (χ0) is 4.99. The molecule has 0 unspecified atom stereocenters. The average Bonchev–Trinajstić information content (AvgIpc) is 1.65. The minimum absolute atomic E-state index is 0.574. The third-order valence-electron chi connectivity index (χ3n) is 0.886. The molecule has 36 valence electrons. The van der Waals surface area contributed by atoms with Crippen molar-refractivity contribution in [3.05, 3.63) is 0 Å². The maximum atomic E-state index is 2.66. The van der Waals surface area contributed by atoms with Crippen LogP contribution in [0.4, 0.5) is 0 Å². The molecule has 0 N–H and O–H groups in total. The van der Waals surface area contributed by atoms with Gasteiger partial charge in [0.1, 0.15) is 0 Å². The van der Waals surface area contributed by atoms with Crippen LogP contribution in [0, 0.1) is 0 Å². The van der Waals surface area contributed by atoms with Crippen molar-refractivity contribution in [2.45, 2.75) is 23.8 Å². The number of rotatable bonds is 2. The molecule has 0 bridgehead atoms. The van der Waals surface area contributed by atoms with E-state index in [1.165, 1.54) is 9.95 Å². The molecule has 0 saturated heterocycles. The van der Waals surface area contributed by atoms with Crippen LogP contribution >= 0.6 is 19.7 Å². The van der Waals surface area contributed by atoms with Crippen LogP contribution in [0.5, 0.6) is 0 Å². The van der Waals surface area contributed by atoms with E-state index in [1.807, 2.05) is 0 Å². The molecule has 0 saturated carbocycles. The van der Waals surface area contributed by atoms with Crippen LogP contribution in [-0.4, -0.2) is 12.7 Å². The van der Waals surface area contributed by atoms with Crippen molar-refractivity contribution in [1.82, 2.24) is 0 Å². The second-order valence-electron chi connectivity index (χ2n) is 1.41. The summed E-state index contributed by atoms with van der Waals surface area (Å²) in [4.78, 5) is 3.01. The topological polar surface area (TPSA) is 0 Å². The van der Waals surface area contributed by atoms with Crippen molar-refractivity contribution in [3.8, 4) is 0 Å². The Bertz CT molecular complexity index is 26.7. The molecule has 0 aromatic rings. The van der Waals surface area contributed by atoms with Crippen molar-refractivity contribution >= 4 is 32.3 Å². The number of halogens is 1. The molecule has 0 spiro atoms. The summed E-state index contributed by atoms with van der Waals surface area (Å²) < 4.78 is 0. The van der Waals surface area contributed by atoms with E-state index in [9.17, 15) is 0 Å². The zero-order valence-electron chi connectivity index (χ0n) is 4.37. The first-order chi connectivity index (χ1) is 2.81. The van der Waals surface area contributed by atoms with E-state index in [4.69, 9.17) is 0 Å². The summed E-state index contributed by atoms with van der Waals surface area (Å²) in [5, 5.41) is 0. The molecule has 0 aliphatic carbocycles. The molecule has 0 fully saturated rings. The Hall–Kier alpha value is 1.37. The van der Waals surface area contributed by atoms with E-state index in [2.05, 4.69) is 33.5 Å². The summed E-state index contributed by atoms with van der Waals surface area (Å²) in [5.41, 5.74) is 0. The molecule has 0 nitrogen and oxygen atoms in total. The van der Waals surface area contributed by atoms with Gasteiger partial charge in [-0.1, -0.05) is 0 Å². The van der Waals surface area contributed by atoms with Gasteiger partial charge in [0.25, 0.3) is 0 Å². The second-order valence-corrected chi connectivity index (χ2v) is 16.5. The Morgan fingerprint density at radius 1 is 1.33 bits per heavy atom. The third-order valence-corrected chi connectivity index (χ3v) is 13.8. The van der Waals surface area contributed by atoms with Gasteiger partial charge in [-0.2, -0.15) is 0 Å². The Morgan fingerprint density at radius 3 is 1.67 bits per heavy atom. The molecule has 0 aromatic heterocycles. The van der Waals surface area contributed by atoms with Crippen molar-refractivity contribution in [2.75, 3.05) is 0 Å². The van der Waals surface area contributed by atoms with E-state index >= 15 is 0 Å². The summed E-state index contributed by atoms with van der Waals surface area (Å²) in [6.07, 6.45) is 0. The Balaban J connectivity index is 2.75. The quantitative estimate of drug-likeness (QED) is 0.525. The molecule has 0 aliphatic heterocycles. The predicted molar refractivity (Wildman–Crippen MR) is 40.7 cm³/mol. The van der Waals surface area contributed by atoms with E-state index in [1.54, 1.807) is 0 Å². The summed E-state index contributed by atoms with van der Waals surface area (Å²) in [5.74, 6) is 0. The molecular weight excluding hydrogens is 245 g/mol. The van der Waals surface area contributed by atoms with Crippen molar-refractivity contribution in [1.29, 1.82) is 0 Å². The van der Waals surface area contributed by atoms with Gasteiger partial charge >= 0.3 is 56.1 Å². The van der Waals surface area contributed by atoms with Gasteiger partial charge in [0, 0.05) is 0 Å². The van der Waals surface area contributed by atoms with E-state index in [0.717, 1.165) is 0 Å². The Morgan fingerprint density at radius 2 is 1.67 bits per heavy atom. The fourth-order valence-corrected chi connectivity index (χ4v) is 1.50. The predicted octanol–water partition coefficient (Wildman–Crippen LogP) is 2.45. The number of hydrogen-bond donors (Lipinski definition) is 0. The molecule has 0 atom stereocenters. The van der Waals surface area contributed by atoms with Crippen molar-refractivity contribution in [3.63, 3.8) is 0 Å². The Kier molecular flexibility index (Phi) is 5.55. The Labute approximate surface area is 55.8 Å². The average molecular weight is 255 g/mol. The molecule has 0 amide bonds. The standard InChI is InChI=1S/2C2H5.Ga.HI/c2*1-2;;/h2*1H2,2H3;;1H/q;;+1;/p-1. The first-order valence-corrected chi connectivity index (χ1v) is 13.3. The van der Waals surface area contributed by atoms with Gasteiger partial charge in [-0.05, 0) is 0 Å². The first kappa shape index (κ1) is 7.37. The van der Waals surface area contributed by atoms with E-state index in [0.29, 0.717) is 0 Å². The normalized spacial score (nSPS) is 8.50. The first-order valence-electron chi connectivity index (χ1n) is 2.45. The third kappa shape index (κ3) is 3.55. The van der Waals surface area contributed by atoms with Gasteiger partial charge in [-0.3, -0.25) is 0 Å². The molecule has 0 rings (SSSR count). The monoisotopic (exact) mass is 254 g/mol. The van der Waals surface area contributed by atoms with Gasteiger partial charge in [0.2, 0.25) is 0 Å². The number of hydrogen-bond acceptors (Lipinski definition) is 0. The maximum absolute atomic E-state index is 2.66. The molecule has 2 heteroatoms. The van der Waals surface area contributed by atoms with Crippen LogP contribution in [0.2, 0.25) is 9.95 Å². The fraction of sp³-hybridized carbons (Fsp3) is 1.00. The van der Waals surface area contributed by atoms with Gasteiger partial charge in [-0.25, -0.2) is 0 Å². The second kappa shape index (κ2) is 4.52. The van der Waals surface area contributed by atoms with Crippen LogP contribution in [0.3, 0.4) is 0 Å². The van der Waals surface area contributed by atoms with Crippen LogP contribution in [0.15, 0.2) is 0 Å². The molecule has 0 radical (unpaired) electrons. The molecule has 0 heterocycles. The van der Waals surface area contributed by atoms with Crippen LogP contribution < -0.4 is 0 Å². The van der Waals surface area contributed by atoms with Gasteiger partial charge < -0.3 is 0 Å². The van der Waals surface area contributed by atoms with E-state index in [-0.39, 0.29) is 0 Å². The van der Waals surface area contributed by atoms with Crippen LogP contribution in [-0.2, 0) is 0 Å². The molecule has 6 heavy (non-hydrogen) atoms. The molecular formula is C4H10GaI. The summed E-state index contributed by atoms with van der Waals surface area (Å²) >= 11 is 2.08. The van der Waals surface area contributed by atoms with Gasteiger partial charge in [-0.15, -0.1) is 0 Å². The van der Waals surface area contributed by atoms with Crippen LogP contribution in [0.1, 0.15) is 13.8 Å². The van der Waals surface area contributed by atoms with E-state index < -0.39 is 12.7 Å². The molecule has 0 aromatic carbocycles. The molecule has 0 aliphatic rings. The fourth-order valence-electron chi connectivity index (χ4n) is 0.289. The zero-order valence-corrected chi connectivity index (χ0v) is 8.95. The summed E-state index contributed by atoms with van der Waals surface area (Å²) in [6.45, 7) is 4.61. The van der Waals surface area contributed by atoms with Crippen LogP contribution in [0.25, 0.3) is 0 Å². The van der Waals surface area contributed by atoms with Gasteiger partial charge in [0.15, 0.2) is 0 Å². The summed E-state index contributed by atoms with van der Waals surface area (Å²) in [7, 11) is 0.